The first-order chi connectivity index (χ1) is 12.9. The third kappa shape index (κ3) is 4.84. The number of halogens is 1. The summed E-state index contributed by atoms with van der Waals surface area (Å²) in [5.41, 5.74) is 1.32. The highest BCUT2D eigenvalue weighted by Crippen LogP contribution is 2.29. The molecule has 0 saturated carbocycles. The Kier molecular flexibility index (Phi) is 6.11. The van der Waals surface area contributed by atoms with Crippen molar-refractivity contribution in [1.82, 2.24) is 9.97 Å². The smallest absolute Gasteiger partial charge is 0.179 e. The Morgan fingerprint density at radius 2 is 1.81 bits per heavy atom. The highest BCUT2D eigenvalue weighted by atomic mass is 28.3. The van der Waals surface area contributed by atoms with E-state index in [1.165, 1.54) is 0 Å². The largest absolute Gasteiger partial charge is 0.415 e. The molecule has 1 fully saturated rings. The molecular weight excluding hydrogens is 359 g/mol. The zero-order valence-electron chi connectivity index (χ0n) is 16.7. The van der Waals surface area contributed by atoms with E-state index in [1.807, 2.05) is 24.3 Å². The maximum Gasteiger partial charge on any atom is 0.179 e. The van der Waals surface area contributed by atoms with Crippen LogP contribution in [0.3, 0.4) is 0 Å². The number of hydrogen-bond acceptors (Lipinski definition) is 5. The maximum atomic E-state index is 15.1. The Bertz CT molecular complexity index is 745. The molecule has 146 valence electrons. The second-order valence-electron chi connectivity index (χ2n) is 8.11. The predicted molar refractivity (Wildman–Crippen MR) is 110 cm³/mol. The van der Waals surface area contributed by atoms with Crippen LogP contribution in [0.2, 0.25) is 11.6 Å². The number of benzene rings is 1. The van der Waals surface area contributed by atoms with E-state index >= 15 is 4.39 Å². The van der Waals surface area contributed by atoms with Crippen LogP contribution in [0.4, 0.5) is 15.9 Å². The molecule has 27 heavy (non-hydrogen) atoms. The molecule has 1 aromatic heterocycles. The molecular formula is C20H29FN4OSi. The van der Waals surface area contributed by atoms with Gasteiger partial charge in [-0.25, -0.2) is 14.4 Å². The molecule has 2 aromatic rings. The van der Waals surface area contributed by atoms with Crippen LogP contribution < -0.4 is 9.80 Å². The van der Waals surface area contributed by atoms with Gasteiger partial charge in [0.05, 0.1) is 12.3 Å². The van der Waals surface area contributed by atoms with Crippen molar-refractivity contribution >= 4 is 20.5 Å². The molecule has 0 amide bonds. The molecule has 7 heteroatoms. The zero-order valence-corrected chi connectivity index (χ0v) is 17.8. The predicted octanol–water partition coefficient (Wildman–Crippen LogP) is 3.61. The van der Waals surface area contributed by atoms with Crippen LogP contribution >= 0.6 is 0 Å². The van der Waals surface area contributed by atoms with Crippen molar-refractivity contribution in [3.8, 4) is 0 Å². The van der Waals surface area contributed by atoms with Gasteiger partial charge in [-0.3, -0.25) is 0 Å². The molecule has 1 aliphatic rings. The fraction of sp³-hybridized carbons (Fsp3) is 0.500. The molecule has 3 rings (SSSR count). The lowest BCUT2D eigenvalue weighted by Crippen LogP contribution is -2.47. The van der Waals surface area contributed by atoms with Gasteiger partial charge in [0.25, 0.3) is 0 Å². The van der Waals surface area contributed by atoms with Crippen LogP contribution in [0.15, 0.2) is 36.8 Å². The minimum absolute atomic E-state index is 0.150. The van der Waals surface area contributed by atoms with Crippen molar-refractivity contribution in [1.29, 1.82) is 0 Å². The van der Waals surface area contributed by atoms with Crippen molar-refractivity contribution in [2.24, 2.45) is 0 Å². The summed E-state index contributed by atoms with van der Waals surface area (Å²) in [7, 11) is -1.37. The number of nitrogens with zero attached hydrogens (tertiary/aromatic N) is 4. The standard InChI is InChI=1S/C20H29FN4OSi/c1-20(2,3)27(4)26-14-16-6-5-7-17(19(16)21)24-10-12-25(13-11-24)18-8-9-22-15-23-18/h5-9,15,27H,10-14H2,1-4H3. The third-order valence-electron chi connectivity index (χ3n) is 5.28. The highest BCUT2D eigenvalue weighted by molar-refractivity contribution is 6.53. The van der Waals surface area contributed by atoms with Crippen molar-refractivity contribution in [3.63, 3.8) is 0 Å². The lowest BCUT2D eigenvalue weighted by Gasteiger charge is -2.37. The molecule has 1 atom stereocenters. The summed E-state index contributed by atoms with van der Waals surface area (Å²) in [5, 5.41) is 0.172. The Labute approximate surface area is 162 Å². The summed E-state index contributed by atoms with van der Waals surface area (Å²) in [6, 6.07) is 7.54. The fourth-order valence-electron chi connectivity index (χ4n) is 3.03. The van der Waals surface area contributed by atoms with E-state index in [4.69, 9.17) is 4.43 Å². The SMILES string of the molecule is C[SiH](OCc1cccc(N2CCN(c3ccncn3)CC2)c1F)C(C)(C)C. The van der Waals surface area contributed by atoms with E-state index < -0.39 is 9.04 Å². The average molecular weight is 389 g/mol. The van der Waals surface area contributed by atoms with E-state index in [0.717, 1.165) is 32.0 Å². The minimum atomic E-state index is -1.37. The molecule has 0 N–H and O–H groups in total. The van der Waals surface area contributed by atoms with E-state index in [0.29, 0.717) is 17.9 Å². The van der Waals surface area contributed by atoms with Crippen molar-refractivity contribution < 1.29 is 8.82 Å². The molecule has 1 saturated heterocycles. The minimum Gasteiger partial charge on any atom is -0.415 e. The van der Waals surface area contributed by atoms with Crippen molar-refractivity contribution in [2.45, 2.75) is 39.0 Å². The first-order valence-corrected chi connectivity index (χ1v) is 11.7. The quantitative estimate of drug-likeness (QED) is 0.732. The molecule has 1 aromatic carbocycles. The van der Waals surface area contributed by atoms with Crippen molar-refractivity contribution in [2.75, 3.05) is 36.0 Å². The van der Waals surface area contributed by atoms with Gasteiger partial charge in [0, 0.05) is 37.9 Å². The second-order valence-corrected chi connectivity index (χ2v) is 11.5. The first kappa shape index (κ1) is 19.8. The van der Waals surface area contributed by atoms with Crippen LogP contribution in [0.5, 0.6) is 0 Å². The van der Waals surface area contributed by atoms with Gasteiger partial charge in [-0.2, -0.15) is 0 Å². The molecule has 1 unspecified atom stereocenters. The first-order valence-electron chi connectivity index (χ1n) is 9.51. The van der Waals surface area contributed by atoms with Gasteiger partial charge >= 0.3 is 0 Å². The van der Waals surface area contributed by atoms with Crippen molar-refractivity contribution in [3.05, 3.63) is 48.2 Å². The number of piperazine rings is 1. The van der Waals surface area contributed by atoms with E-state index in [-0.39, 0.29) is 10.9 Å². The van der Waals surface area contributed by atoms with Gasteiger partial charge < -0.3 is 14.2 Å². The van der Waals surface area contributed by atoms with Gasteiger partial charge in [0.2, 0.25) is 0 Å². The Morgan fingerprint density at radius 3 is 2.44 bits per heavy atom. The summed E-state index contributed by atoms with van der Waals surface area (Å²) >= 11 is 0. The topological polar surface area (TPSA) is 41.5 Å². The monoisotopic (exact) mass is 388 g/mol. The van der Waals surface area contributed by atoms with Gasteiger partial charge in [-0.15, -0.1) is 0 Å². The lowest BCUT2D eigenvalue weighted by molar-refractivity contribution is 0.288. The summed E-state index contributed by atoms with van der Waals surface area (Å²) in [6.45, 7) is 12.2. The second kappa shape index (κ2) is 8.35. The fourth-order valence-corrected chi connectivity index (χ4v) is 3.96. The number of rotatable bonds is 5. The number of hydrogen-bond donors (Lipinski definition) is 0. The summed E-state index contributed by atoms with van der Waals surface area (Å²) in [5.74, 6) is 0.775. The van der Waals surface area contributed by atoms with E-state index in [1.54, 1.807) is 12.5 Å². The maximum absolute atomic E-state index is 15.1. The van der Waals surface area contributed by atoms with Gasteiger partial charge in [-0.05, 0) is 23.7 Å². The van der Waals surface area contributed by atoms with E-state index in [2.05, 4.69) is 47.1 Å². The van der Waals surface area contributed by atoms with Crippen LogP contribution in [0.1, 0.15) is 26.3 Å². The number of anilines is 2. The Hall–Kier alpha value is -1.99. The summed E-state index contributed by atoms with van der Waals surface area (Å²) < 4.78 is 21.1. The highest BCUT2D eigenvalue weighted by Gasteiger charge is 2.25. The molecule has 1 aliphatic heterocycles. The molecule has 0 spiro atoms. The lowest BCUT2D eigenvalue weighted by atomic mass is 10.1. The Balaban J connectivity index is 1.64. The zero-order chi connectivity index (χ0) is 19.4. The van der Waals surface area contributed by atoms with Crippen LogP contribution in [0, 0.1) is 5.82 Å². The van der Waals surface area contributed by atoms with Gasteiger partial charge in [0.1, 0.15) is 12.1 Å². The normalized spacial score (nSPS) is 16.5. The van der Waals surface area contributed by atoms with Crippen LogP contribution in [-0.2, 0) is 11.0 Å². The summed E-state index contributed by atoms with van der Waals surface area (Å²) in [6.07, 6.45) is 3.31. The third-order valence-corrected chi connectivity index (χ3v) is 8.38. The Morgan fingerprint density at radius 1 is 1.11 bits per heavy atom. The molecule has 0 bridgehead atoms. The number of aromatic nitrogens is 2. The molecule has 0 radical (unpaired) electrons. The molecule has 2 heterocycles. The van der Waals surface area contributed by atoms with Gasteiger partial charge in [-0.1, -0.05) is 32.9 Å². The summed E-state index contributed by atoms with van der Waals surface area (Å²) in [4.78, 5) is 12.6. The molecule has 0 aliphatic carbocycles. The van der Waals surface area contributed by atoms with Gasteiger partial charge in [0.15, 0.2) is 14.9 Å². The average Bonchev–Trinajstić information content (AvgIpc) is 2.67. The van der Waals surface area contributed by atoms with Crippen LogP contribution in [0.25, 0.3) is 0 Å². The van der Waals surface area contributed by atoms with E-state index in [9.17, 15) is 0 Å². The molecule has 5 nitrogen and oxygen atoms in total. The van der Waals surface area contributed by atoms with Crippen LogP contribution in [-0.4, -0.2) is 45.2 Å².